The minimum Gasteiger partial charge on any atom is -0.454 e. The fourth-order valence-electron chi connectivity index (χ4n) is 3.39. The van der Waals surface area contributed by atoms with Crippen molar-refractivity contribution < 1.29 is 14.3 Å². The van der Waals surface area contributed by atoms with Gasteiger partial charge in [0.1, 0.15) is 0 Å². The first-order valence-corrected chi connectivity index (χ1v) is 8.45. The van der Waals surface area contributed by atoms with Gasteiger partial charge >= 0.3 is 0 Å². The second-order valence-corrected chi connectivity index (χ2v) is 6.26. The van der Waals surface area contributed by atoms with Crippen LogP contribution in [0.5, 0.6) is 11.5 Å². The van der Waals surface area contributed by atoms with Crippen LogP contribution in [0.2, 0.25) is 0 Å². The Morgan fingerprint density at radius 2 is 1.95 bits per heavy atom. The van der Waals surface area contributed by atoms with Gasteiger partial charge in [-0.25, -0.2) is 0 Å². The first-order chi connectivity index (χ1) is 10.8. The molecule has 1 aromatic rings. The van der Waals surface area contributed by atoms with E-state index in [0.29, 0.717) is 12.7 Å². The minimum atomic E-state index is 0.0865. The van der Waals surface area contributed by atoms with Gasteiger partial charge in [-0.1, -0.05) is 19.4 Å². The van der Waals surface area contributed by atoms with Crippen molar-refractivity contribution in [2.45, 2.75) is 45.4 Å². The van der Waals surface area contributed by atoms with Crippen LogP contribution in [0.3, 0.4) is 0 Å². The standard InChI is InChI=1S/C18H25NO3/c1-2-6-15(18(20)19-9-4-3-5-10-19)11-14-7-8-16-17(12-14)22-13-21-16/h7-8,12,15H,2-6,9-11,13H2,1H3. The van der Waals surface area contributed by atoms with E-state index in [-0.39, 0.29) is 5.92 Å². The first kappa shape index (κ1) is 15.2. The Bertz CT molecular complexity index is 523. The summed E-state index contributed by atoms with van der Waals surface area (Å²) in [4.78, 5) is 14.9. The molecule has 4 heteroatoms. The number of fused-ring (bicyclic) bond motifs is 1. The zero-order valence-corrected chi connectivity index (χ0v) is 13.3. The topological polar surface area (TPSA) is 38.8 Å². The van der Waals surface area contributed by atoms with E-state index in [9.17, 15) is 4.79 Å². The summed E-state index contributed by atoms with van der Waals surface area (Å²) in [7, 11) is 0. The molecule has 0 aliphatic carbocycles. The average molecular weight is 303 g/mol. The summed E-state index contributed by atoms with van der Waals surface area (Å²) in [5.41, 5.74) is 1.16. The number of rotatable bonds is 5. The van der Waals surface area contributed by atoms with Crippen LogP contribution >= 0.6 is 0 Å². The molecule has 1 saturated heterocycles. The zero-order chi connectivity index (χ0) is 15.4. The van der Waals surface area contributed by atoms with Crippen LogP contribution in [-0.2, 0) is 11.2 Å². The largest absolute Gasteiger partial charge is 0.454 e. The van der Waals surface area contributed by atoms with Crippen molar-refractivity contribution in [1.82, 2.24) is 4.90 Å². The highest BCUT2D eigenvalue weighted by Gasteiger charge is 2.25. The third-order valence-electron chi connectivity index (χ3n) is 4.57. The SMILES string of the molecule is CCCC(Cc1ccc2c(c1)OCO2)C(=O)N1CCCCC1. The molecule has 0 radical (unpaired) electrons. The fourth-order valence-corrected chi connectivity index (χ4v) is 3.39. The van der Waals surface area contributed by atoms with Gasteiger partial charge in [-0.3, -0.25) is 4.79 Å². The zero-order valence-electron chi connectivity index (χ0n) is 13.3. The lowest BCUT2D eigenvalue weighted by molar-refractivity contribution is -0.136. The van der Waals surface area contributed by atoms with Gasteiger partial charge in [0, 0.05) is 19.0 Å². The van der Waals surface area contributed by atoms with Crippen LogP contribution in [0.4, 0.5) is 0 Å². The monoisotopic (exact) mass is 303 g/mol. The Morgan fingerprint density at radius 1 is 1.18 bits per heavy atom. The number of carbonyl (C=O) groups is 1. The van der Waals surface area contributed by atoms with Crippen molar-refractivity contribution in [2.24, 2.45) is 5.92 Å². The number of nitrogens with zero attached hydrogens (tertiary/aromatic N) is 1. The van der Waals surface area contributed by atoms with Gasteiger partial charge in [0.05, 0.1) is 0 Å². The fraction of sp³-hybridized carbons (Fsp3) is 0.611. The van der Waals surface area contributed by atoms with Crippen molar-refractivity contribution >= 4 is 5.91 Å². The summed E-state index contributed by atoms with van der Waals surface area (Å²) in [6.07, 6.45) is 6.33. The van der Waals surface area contributed by atoms with Crippen LogP contribution in [0.1, 0.15) is 44.6 Å². The molecule has 0 saturated carbocycles. The van der Waals surface area contributed by atoms with E-state index in [2.05, 4.69) is 17.9 Å². The molecule has 1 atom stereocenters. The quantitative estimate of drug-likeness (QED) is 0.837. The molecule has 2 heterocycles. The average Bonchev–Trinajstić information content (AvgIpc) is 3.02. The van der Waals surface area contributed by atoms with Crippen LogP contribution in [-0.4, -0.2) is 30.7 Å². The molecule has 1 unspecified atom stereocenters. The summed E-state index contributed by atoms with van der Waals surface area (Å²) in [5.74, 6) is 2.03. The van der Waals surface area contributed by atoms with Gasteiger partial charge in [-0.2, -0.15) is 0 Å². The van der Waals surface area contributed by atoms with E-state index in [0.717, 1.165) is 62.3 Å². The number of likely N-dealkylation sites (tertiary alicyclic amines) is 1. The van der Waals surface area contributed by atoms with Crippen molar-refractivity contribution in [3.05, 3.63) is 23.8 Å². The van der Waals surface area contributed by atoms with Crippen molar-refractivity contribution in [3.8, 4) is 11.5 Å². The Kier molecular flexibility index (Phi) is 4.86. The van der Waals surface area contributed by atoms with Crippen LogP contribution in [0.15, 0.2) is 18.2 Å². The second kappa shape index (κ2) is 7.03. The lowest BCUT2D eigenvalue weighted by Gasteiger charge is -2.30. The third-order valence-corrected chi connectivity index (χ3v) is 4.57. The molecule has 0 spiro atoms. The van der Waals surface area contributed by atoms with Gasteiger partial charge in [0.15, 0.2) is 11.5 Å². The summed E-state index contributed by atoms with van der Waals surface area (Å²) < 4.78 is 10.8. The van der Waals surface area contributed by atoms with Gasteiger partial charge in [0.25, 0.3) is 0 Å². The van der Waals surface area contributed by atoms with Gasteiger partial charge < -0.3 is 14.4 Å². The van der Waals surface area contributed by atoms with Crippen LogP contribution < -0.4 is 9.47 Å². The highest BCUT2D eigenvalue weighted by molar-refractivity contribution is 5.79. The summed E-state index contributed by atoms with van der Waals surface area (Å²) in [6, 6.07) is 6.03. The molecular weight excluding hydrogens is 278 g/mol. The summed E-state index contributed by atoms with van der Waals surface area (Å²) in [5, 5.41) is 0. The molecule has 1 fully saturated rings. The lowest BCUT2D eigenvalue weighted by Crippen LogP contribution is -2.40. The van der Waals surface area contributed by atoms with Crippen LogP contribution in [0, 0.1) is 5.92 Å². The Labute approximate surface area is 132 Å². The summed E-state index contributed by atoms with van der Waals surface area (Å²) >= 11 is 0. The molecule has 120 valence electrons. The molecule has 1 amide bonds. The van der Waals surface area contributed by atoms with E-state index in [1.54, 1.807) is 0 Å². The highest BCUT2D eigenvalue weighted by Crippen LogP contribution is 2.33. The molecule has 4 nitrogen and oxygen atoms in total. The number of hydrogen-bond donors (Lipinski definition) is 0. The van der Waals surface area contributed by atoms with Gasteiger partial charge in [-0.05, 0) is 49.8 Å². The number of benzene rings is 1. The van der Waals surface area contributed by atoms with Gasteiger partial charge in [0.2, 0.25) is 12.7 Å². The molecule has 3 rings (SSSR count). The normalized spacial score (nSPS) is 18.3. The predicted molar refractivity (Wildman–Crippen MR) is 85.1 cm³/mol. The molecule has 22 heavy (non-hydrogen) atoms. The van der Waals surface area contributed by atoms with Gasteiger partial charge in [-0.15, -0.1) is 0 Å². The number of hydrogen-bond acceptors (Lipinski definition) is 3. The number of ether oxygens (including phenoxy) is 2. The molecular formula is C18H25NO3. The Balaban J connectivity index is 1.69. The maximum Gasteiger partial charge on any atom is 0.231 e. The second-order valence-electron chi connectivity index (χ2n) is 6.26. The molecule has 0 bridgehead atoms. The van der Waals surface area contributed by atoms with E-state index >= 15 is 0 Å². The molecule has 1 aromatic carbocycles. The predicted octanol–water partition coefficient (Wildman–Crippen LogP) is 3.39. The van der Waals surface area contributed by atoms with Crippen molar-refractivity contribution in [2.75, 3.05) is 19.9 Å². The highest BCUT2D eigenvalue weighted by atomic mass is 16.7. The van der Waals surface area contributed by atoms with E-state index < -0.39 is 0 Å². The molecule has 2 aliphatic heterocycles. The maximum atomic E-state index is 12.8. The number of carbonyl (C=O) groups excluding carboxylic acids is 1. The summed E-state index contributed by atoms with van der Waals surface area (Å²) in [6.45, 7) is 4.31. The minimum absolute atomic E-state index is 0.0865. The lowest BCUT2D eigenvalue weighted by atomic mass is 9.92. The molecule has 2 aliphatic rings. The first-order valence-electron chi connectivity index (χ1n) is 8.45. The number of amides is 1. The van der Waals surface area contributed by atoms with E-state index in [1.807, 2.05) is 12.1 Å². The Morgan fingerprint density at radius 3 is 2.73 bits per heavy atom. The van der Waals surface area contributed by atoms with E-state index in [1.165, 1.54) is 6.42 Å². The maximum absolute atomic E-state index is 12.8. The Hall–Kier alpha value is -1.71. The third kappa shape index (κ3) is 3.37. The molecule has 0 aromatic heterocycles. The smallest absolute Gasteiger partial charge is 0.231 e. The van der Waals surface area contributed by atoms with Crippen molar-refractivity contribution in [1.29, 1.82) is 0 Å². The van der Waals surface area contributed by atoms with E-state index in [4.69, 9.17) is 9.47 Å². The van der Waals surface area contributed by atoms with Crippen LogP contribution in [0.25, 0.3) is 0 Å². The van der Waals surface area contributed by atoms with Crippen molar-refractivity contribution in [3.63, 3.8) is 0 Å². The number of piperidine rings is 1. The molecule has 0 N–H and O–H groups in total.